The third-order valence-corrected chi connectivity index (χ3v) is 3.84. The number of pyridine rings is 1. The Labute approximate surface area is 125 Å². The van der Waals surface area contributed by atoms with Crippen LogP contribution in [0.4, 0.5) is 17.1 Å². The van der Waals surface area contributed by atoms with Crippen LogP contribution in [0, 0.1) is 6.92 Å². The summed E-state index contributed by atoms with van der Waals surface area (Å²) in [6.45, 7) is 5.18. The molecule has 3 aromatic rings. The van der Waals surface area contributed by atoms with Crippen LogP contribution in [0.15, 0.2) is 54.9 Å². The summed E-state index contributed by atoms with van der Waals surface area (Å²) >= 11 is 0. The van der Waals surface area contributed by atoms with Gasteiger partial charge < -0.3 is 10.6 Å². The Kier molecular flexibility index (Phi) is 3.48. The van der Waals surface area contributed by atoms with Gasteiger partial charge in [0, 0.05) is 41.1 Å². The van der Waals surface area contributed by atoms with E-state index in [0.717, 1.165) is 28.7 Å². The van der Waals surface area contributed by atoms with E-state index in [9.17, 15) is 0 Å². The van der Waals surface area contributed by atoms with Gasteiger partial charge in [-0.1, -0.05) is 18.2 Å². The van der Waals surface area contributed by atoms with Crippen molar-refractivity contribution in [2.45, 2.75) is 13.8 Å². The van der Waals surface area contributed by atoms with Crippen molar-refractivity contribution in [2.75, 3.05) is 17.2 Å². The fourth-order valence-electron chi connectivity index (χ4n) is 2.77. The third-order valence-electron chi connectivity index (χ3n) is 3.84. The van der Waals surface area contributed by atoms with E-state index in [2.05, 4.69) is 54.1 Å². The molecule has 0 aliphatic rings. The normalized spacial score (nSPS) is 10.8. The minimum Gasteiger partial charge on any atom is -0.398 e. The molecule has 0 unspecified atom stereocenters. The molecular weight excluding hydrogens is 258 g/mol. The second-order valence-electron chi connectivity index (χ2n) is 5.13. The van der Waals surface area contributed by atoms with Crippen LogP contribution in [0.2, 0.25) is 0 Å². The van der Waals surface area contributed by atoms with E-state index in [1.165, 1.54) is 11.3 Å². The number of benzene rings is 2. The zero-order valence-electron chi connectivity index (χ0n) is 12.4. The summed E-state index contributed by atoms with van der Waals surface area (Å²) < 4.78 is 0. The van der Waals surface area contributed by atoms with Crippen LogP contribution < -0.4 is 10.6 Å². The number of hydrogen-bond donors (Lipinski definition) is 1. The number of fused-ring (bicyclic) bond motifs is 1. The monoisotopic (exact) mass is 277 g/mol. The molecule has 0 amide bonds. The number of nitrogens with two attached hydrogens (primary N) is 1. The molecule has 0 fully saturated rings. The average Bonchev–Trinajstić information content (AvgIpc) is 2.52. The van der Waals surface area contributed by atoms with E-state index >= 15 is 0 Å². The Morgan fingerprint density at radius 3 is 2.57 bits per heavy atom. The molecule has 0 bridgehead atoms. The highest BCUT2D eigenvalue weighted by Gasteiger charge is 2.13. The van der Waals surface area contributed by atoms with Gasteiger partial charge in [0.05, 0.1) is 5.69 Å². The van der Waals surface area contributed by atoms with Crippen molar-refractivity contribution < 1.29 is 0 Å². The minimum atomic E-state index is 0.789. The molecule has 3 rings (SSSR count). The van der Waals surface area contributed by atoms with Gasteiger partial charge in [-0.2, -0.15) is 0 Å². The van der Waals surface area contributed by atoms with Crippen molar-refractivity contribution in [3.05, 3.63) is 60.4 Å². The van der Waals surface area contributed by atoms with Crippen LogP contribution in [0.1, 0.15) is 12.5 Å². The predicted octanol–water partition coefficient (Wildman–Crippen LogP) is 4.28. The topological polar surface area (TPSA) is 42.1 Å². The highest BCUT2D eigenvalue weighted by atomic mass is 15.1. The number of nitrogen functional groups attached to an aromatic ring is 1. The van der Waals surface area contributed by atoms with Gasteiger partial charge in [0.15, 0.2) is 0 Å². The van der Waals surface area contributed by atoms with Crippen LogP contribution in [-0.4, -0.2) is 11.5 Å². The lowest BCUT2D eigenvalue weighted by molar-refractivity contribution is 1.02. The SMILES string of the molecule is CCN(c1ccccc1C)c1ccc(N)c2ccncc12. The van der Waals surface area contributed by atoms with Gasteiger partial charge in [-0.15, -0.1) is 0 Å². The van der Waals surface area contributed by atoms with E-state index in [0.29, 0.717) is 0 Å². The van der Waals surface area contributed by atoms with Crippen LogP contribution in [0.3, 0.4) is 0 Å². The van der Waals surface area contributed by atoms with Gasteiger partial charge in [-0.3, -0.25) is 4.98 Å². The van der Waals surface area contributed by atoms with Gasteiger partial charge in [0.2, 0.25) is 0 Å². The quantitative estimate of drug-likeness (QED) is 0.726. The van der Waals surface area contributed by atoms with Gasteiger partial charge in [0.25, 0.3) is 0 Å². The molecule has 0 radical (unpaired) electrons. The van der Waals surface area contributed by atoms with Gasteiger partial charge in [0.1, 0.15) is 0 Å². The molecule has 1 aromatic heterocycles. The lowest BCUT2D eigenvalue weighted by Gasteiger charge is -2.26. The first-order chi connectivity index (χ1) is 10.2. The number of para-hydroxylation sites is 1. The molecule has 2 N–H and O–H groups in total. The average molecular weight is 277 g/mol. The Morgan fingerprint density at radius 1 is 1.00 bits per heavy atom. The molecule has 0 aliphatic carbocycles. The lowest BCUT2D eigenvalue weighted by atomic mass is 10.1. The number of aryl methyl sites for hydroxylation is 1. The summed E-state index contributed by atoms with van der Waals surface area (Å²) in [4.78, 5) is 6.57. The predicted molar refractivity (Wildman–Crippen MR) is 90.0 cm³/mol. The smallest absolute Gasteiger partial charge is 0.0507 e. The molecule has 1 heterocycles. The molecule has 3 heteroatoms. The van der Waals surface area contributed by atoms with E-state index in [1.54, 1.807) is 6.20 Å². The molecule has 0 aliphatic heterocycles. The number of anilines is 3. The Hall–Kier alpha value is -2.55. The molecule has 21 heavy (non-hydrogen) atoms. The van der Waals surface area contributed by atoms with E-state index in [4.69, 9.17) is 5.73 Å². The second-order valence-corrected chi connectivity index (χ2v) is 5.13. The van der Waals surface area contributed by atoms with Crippen molar-refractivity contribution >= 4 is 27.8 Å². The van der Waals surface area contributed by atoms with Gasteiger partial charge >= 0.3 is 0 Å². The van der Waals surface area contributed by atoms with Crippen LogP contribution in [0.5, 0.6) is 0 Å². The highest BCUT2D eigenvalue weighted by molar-refractivity contribution is 6.02. The van der Waals surface area contributed by atoms with Gasteiger partial charge in [-0.05, 0) is 43.7 Å². The maximum Gasteiger partial charge on any atom is 0.0507 e. The zero-order valence-corrected chi connectivity index (χ0v) is 12.4. The van der Waals surface area contributed by atoms with E-state index in [1.807, 2.05) is 18.3 Å². The zero-order chi connectivity index (χ0) is 14.8. The Morgan fingerprint density at radius 2 is 1.81 bits per heavy atom. The Balaban J connectivity index is 2.23. The first-order valence-electron chi connectivity index (χ1n) is 7.17. The summed E-state index contributed by atoms with van der Waals surface area (Å²) in [5, 5.41) is 2.14. The van der Waals surface area contributed by atoms with Crippen LogP contribution >= 0.6 is 0 Å². The molecule has 0 saturated carbocycles. The maximum absolute atomic E-state index is 6.09. The summed E-state index contributed by atoms with van der Waals surface area (Å²) in [6.07, 6.45) is 3.68. The summed E-state index contributed by atoms with van der Waals surface area (Å²) in [5.74, 6) is 0. The number of rotatable bonds is 3. The highest BCUT2D eigenvalue weighted by Crippen LogP contribution is 2.35. The molecule has 2 aromatic carbocycles. The van der Waals surface area contributed by atoms with E-state index in [-0.39, 0.29) is 0 Å². The summed E-state index contributed by atoms with van der Waals surface area (Å²) in [5.41, 5.74) is 10.5. The molecule has 0 saturated heterocycles. The molecule has 0 atom stereocenters. The fourth-order valence-corrected chi connectivity index (χ4v) is 2.77. The first kappa shape index (κ1) is 13.4. The largest absolute Gasteiger partial charge is 0.398 e. The number of nitrogens with zero attached hydrogens (tertiary/aromatic N) is 2. The van der Waals surface area contributed by atoms with Crippen molar-refractivity contribution in [2.24, 2.45) is 0 Å². The standard InChI is InChI=1S/C18H19N3/c1-3-21(17-7-5-4-6-13(17)2)18-9-8-16(19)14-10-11-20-12-15(14)18/h4-12H,3,19H2,1-2H3. The number of aromatic nitrogens is 1. The Bertz CT molecular complexity index is 780. The minimum absolute atomic E-state index is 0.789. The number of hydrogen-bond acceptors (Lipinski definition) is 3. The van der Waals surface area contributed by atoms with Crippen molar-refractivity contribution in [3.63, 3.8) is 0 Å². The second kappa shape index (κ2) is 5.44. The van der Waals surface area contributed by atoms with Gasteiger partial charge in [-0.25, -0.2) is 0 Å². The maximum atomic E-state index is 6.09. The summed E-state index contributed by atoms with van der Waals surface area (Å²) in [7, 11) is 0. The van der Waals surface area contributed by atoms with Crippen LogP contribution in [0.25, 0.3) is 10.8 Å². The van der Waals surface area contributed by atoms with Crippen molar-refractivity contribution in [1.82, 2.24) is 4.98 Å². The molecule has 3 nitrogen and oxygen atoms in total. The fraction of sp³-hybridized carbons (Fsp3) is 0.167. The molecule has 0 spiro atoms. The van der Waals surface area contributed by atoms with E-state index < -0.39 is 0 Å². The van der Waals surface area contributed by atoms with Crippen molar-refractivity contribution in [1.29, 1.82) is 0 Å². The third kappa shape index (κ3) is 2.31. The molecular formula is C18H19N3. The summed E-state index contributed by atoms with van der Waals surface area (Å²) in [6, 6.07) is 14.4. The first-order valence-corrected chi connectivity index (χ1v) is 7.17. The van der Waals surface area contributed by atoms with Crippen LogP contribution in [-0.2, 0) is 0 Å². The van der Waals surface area contributed by atoms with Crippen molar-refractivity contribution in [3.8, 4) is 0 Å². The lowest BCUT2D eigenvalue weighted by Crippen LogP contribution is -2.17. The molecule has 106 valence electrons.